The Morgan fingerprint density at radius 2 is 1.86 bits per heavy atom. The van der Waals surface area contributed by atoms with Crippen LogP contribution in [0.15, 0.2) is 17.4 Å². The van der Waals surface area contributed by atoms with E-state index in [9.17, 15) is 10.4 Å². The standard InChI is InChI=1S/C22H24N10OS3/c1-30-6-8-31(9-7-30)18-10-17(26-21-25-13-15(11-23)35-21)27-22(28-18)34-14-2-4-32(5-3-14)20-16(12-24)19(33)29-36-20/h10,13-14H,2-9H2,1H3,(H,29,33)(H,25,26,27,28). The maximum Gasteiger partial charge on any atom is 0.243 e. The largest absolute Gasteiger partial charge is 0.492 e. The Bertz CT molecular complexity index is 1300. The highest BCUT2D eigenvalue weighted by atomic mass is 32.2. The van der Waals surface area contributed by atoms with E-state index in [2.05, 4.69) is 48.6 Å². The summed E-state index contributed by atoms with van der Waals surface area (Å²) in [5.74, 6) is 1.36. The van der Waals surface area contributed by atoms with E-state index < -0.39 is 0 Å². The molecule has 0 aliphatic carbocycles. The zero-order chi connectivity index (χ0) is 25.1. The molecule has 186 valence electrons. The minimum Gasteiger partial charge on any atom is -0.492 e. The molecule has 3 aromatic rings. The Morgan fingerprint density at radius 1 is 1.08 bits per heavy atom. The second-order valence-corrected chi connectivity index (χ2v) is 11.6. The molecule has 14 heteroatoms. The van der Waals surface area contributed by atoms with Crippen LogP contribution in [0.2, 0.25) is 0 Å². The van der Waals surface area contributed by atoms with Gasteiger partial charge in [-0.25, -0.2) is 15.0 Å². The molecule has 0 spiro atoms. The summed E-state index contributed by atoms with van der Waals surface area (Å²) in [5, 5.41) is 33.9. The van der Waals surface area contributed by atoms with Crippen molar-refractivity contribution in [2.75, 3.05) is 61.4 Å². The lowest BCUT2D eigenvalue weighted by molar-refractivity contribution is 0.312. The van der Waals surface area contributed by atoms with Gasteiger partial charge in [-0.1, -0.05) is 23.1 Å². The smallest absolute Gasteiger partial charge is 0.243 e. The van der Waals surface area contributed by atoms with Gasteiger partial charge in [0.05, 0.1) is 6.20 Å². The fourth-order valence-electron chi connectivity index (χ4n) is 4.13. The van der Waals surface area contributed by atoms with Gasteiger partial charge in [-0.2, -0.15) is 14.9 Å². The molecule has 0 radical (unpaired) electrons. The molecule has 2 N–H and O–H groups in total. The Morgan fingerprint density at radius 3 is 2.56 bits per heavy atom. The number of anilines is 4. The van der Waals surface area contributed by atoms with Gasteiger partial charge in [-0.05, 0) is 31.4 Å². The minimum absolute atomic E-state index is 0.190. The van der Waals surface area contributed by atoms with Crippen molar-refractivity contribution in [3.8, 4) is 18.0 Å². The molecule has 36 heavy (non-hydrogen) atoms. The molecule has 0 amide bonds. The third kappa shape index (κ3) is 5.47. The van der Waals surface area contributed by atoms with Crippen LogP contribution in [-0.2, 0) is 0 Å². The first kappa shape index (κ1) is 24.5. The molecule has 0 atom stereocenters. The Labute approximate surface area is 221 Å². The van der Waals surface area contributed by atoms with E-state index in [1.165, 1.54) is 22.9 Å². The number of hydrogen-bond acceptors (Lipinski definition) is 14. The monoisotopic (exact) mass is 540 g/mol. The van der Waals surface area contributed by atoms with Gasteiger partial charge in [0.2, 0.25) is 5.88 Å². The number of nitrogens with zero attached hydrogens (tertiary/aromatic N) is 9. The lowest BCUT2D eigenvalue weighted by atomic mass is 10.1. The molecule has 11 nitrogen and oxygen atoms in total. The number of aromatic nitrogens is 4. The van der Waals surface area contributed by atoms with Crippen molar-refractivity contribution >= 4 is 56.4 Å². The van der Waals surface area contributed by atoms with E-state index in [4.69, 9.17) is 15.2 Å². The molecular formula is C22H24N10OS3. The highest BCUT2D eigenvalue weighted by molar-refractivity contribution is 7.99. The summed E-state index contributed by atoms with van der Waals surface area (Å²) in [6.45, 7) is 5.29. The van der Waals surface area contributed by atoms with Crippen molar-refractivity contribution in [2.24, 2.45) is 0 Å². The SMILES string of the molecule is CN1CCN(c2cc(Nc3ncc(C#N)s3)nc(SC3CCN(c4snc(O)c4C#N)CC3)n2)CC1. The van der Waals surface area contributed by atoms with E-state index in [1.54, 1.807) is 18.0 Å². The topological polar surface area (TPSA) is 141 Å². The number of hydrogen-bond donors (Lipinski definition) is 2. The summed E-state index contributed by atoms with van der Waals surface area (Å²) in [4.78, 5) is 21.2. The highest BCUT2D eigenvalue weighted by Gasteiger charge is 2.26. The lowest BCUT2D eigenvalue weighted by Gasteiger charge is -2.34. The average molecular weight is 541 g/mol. The van der Waals surface area contributed by atoms with E-state index >= 15 is 0 Å². The minimum atomic E-state index is -0.190. The zero-order valence-corrected chi connectivity index (χ0v) is 22.0. The fraction of sp³-hybridized carbons (Fsp3) is 0.455. The van der Waals surface area contributed by atoms with Crippen LogP contribution in [0.5, 0.6) is 5.88 Å². The Balaban J connectivity index is 1.31. The summed E-state index contributed by atoms with van der Waals surface area (Å²) in [7, 11) is 2.13. The van der Waals surface area contributed by atoms with Crippen LogP contribution in [0.3, 0.4) is 0 Å². The summed E-state index contributed by atoms with van der Waals surface area (Å²) in [6.07, 6.45) is 3.35. The predicted octanol–water partition coefficient (Wildman–Crippen LogP) is 3.10. The van der Waals surface area contributed by atoms with Crippen LogP contribution in [0.1, 0.15) is 23.3 Å². The van der Waals surface area contributed by atoms with Gasteiger partial charge >= 0.3 is 0 Å². The molecule has 0 aromatic carbocycles. The number of likely N-dealkylation sites (N-methyl/N-ethyl adjacent to an activating group) is 1. The van der Waals surface area contributed by atoms with Crippen molar-refractivity contribution in [3.05, 3.63) is 22.7 Å². The number of nitriles is 2. The van der Waals surface area contributed by atoms with Gasteiger partial charge in [0.1, 0.15) is 39.2 Å². The summed E-state index contributed by atoms with van der Waals surface area (Å²) in [5.41, 5.74) is 0.256. The zero-order valence-electron chi connectivity index (χ0n) is 19.6. The average Bonchev–Trinajstić information content (AvgIpc) is 3.50. The predicted molar refractivity (Wildman–Crippen MR) is 141 cm³/mol. The number of piperidine rings is 1. The molecule has 3 aromatic heterocycles. The van der Waals surface area contributed by atoms with Crippen LogP contribution in [0.4, 0.5) is 21.8 Å². The van der Waals surface area contributed by atoms with Crippen LogP contribution < -0.4 is 15.1 Å². The second kappa shape index (κ2) is 10.8. The van der Waals surface area contributed by atoms with Gasteiger partial charge in [-0.15, -0.1) is 0 Å². The molecule has 2 aliphatic heterocycles. The number of rotatable bonds is 6. The van der Waals surface area contributed by atoms with Gasteiger partial charge in [0.25, 0.3) is 0 Å². The Kier molecular flexibility index (Phi) is 7.38. The van der Waals surface area contributed by atoms with Crippen LogP contribution in [0, 0.1) is 22.7 Å². The van der Waals surface area contributed by atoms with E-state index in [-0.39, 0.29) is 11.4 Å². The molecule has 2 saturated heterocycles. The first-order valence-corrected chi connectivity index (χ1v) is 13.9. The normalized spacial score (nSPS) is 17.1. The van der Waals surface area contributed by atoms with Crippen molar-refractivity contribution in [3.63, 3.8) is 0 Å². The quantitative estimate of drug-likeness (QED) is 0.444. The molecule has 5 heterocycles. The third-order valence-electron chi connectivity index (χ3n) is 6.14. The van der Waals surface area contributed by atoms with Gasteiger partial charge < -0.3 is 25.1 Å². The van der Waals surface area contributed by atoms with Crippen molar-refractivity contribution in [2.45, 2.75) is 23.2 Å². The molecule has 2 aliphatic rings. The van der Waals surface area contributed by atoms with Crippen LogP contribution in [0.25, 0.3) is 0 Å². The van der Waals surface area contributed by atoms with Crippen LogP contribution in [-0.4, -0.2) is 80.9 Å². The summed E-state index contributed by atoms with van der Waals surface area (Å²) in [6, 6.07) is 6.12. The van der Waals surface area contributed by atoms with Gasteiger partial charge in [-0.3, -0.25) is 0 Å². The number of nitrogens with one attached hydrogen (secondary N) is 1. The summed E-state index contributed by atoms with van der Waals surface area (Å²) < 4.78 is 3.93. The molecule has 0 saturated carbocycles. The van der Waals surface area contributed by atoms with Crippen molar-refractivity contribution < 1.29 is 5.11 Å². The molecule has 2 fully saturated rings. The van der Waals surface area contributed by atoms with Crippen LogP contribution >= 0.6 is 34.6 Å². The van der Waals surface area contributed by atoms with Crippen molar-refractivity contribution in [1.82, 2.24) is 24.2 Å². The Hall–Kier alpha value is -3.17. The first-order valence-electron chi connectivity index (χ1n) is 11.5. The fourth-order valence-corrected chi connectivity index (χ4v) is 6.59. The van der Waals surface area contributed by atoms with E-state index in [0.717, 1.165) is 62.9 Å². The third-order valence-corrected chi connectivity index (χ3v) is 9.05. The first-order chi connectivity index (χ1) is 17.5. The number of piperazine rings is 1. The molecule has 0 unspecified atom stereocenters. The highest BCUT2D eigenvalue weighted by Crippen LogP contribution is 2.37. The van der Waals surface area contributed by atoms with E-state index in [1.807, 2.05) is 6.07 Å². The van der Waals surface area contributed by atoms with Crippen molar-refractivity contribution in [1.29, 1.82) is 10.5 Å². The lowest BCUT2D eigenvalue weighted by Crippen LogP contribution is -2.44. The number of aromatic hydroxyl groups is 1. The summed E-state index contributed by atoms with van der Waals surface area (Å²) >= 11 is 4.13. The molecular weight excluding hydrogens is 517 g/mol. The second-order valence-electron chi connectivity index (χ2n) is 8.55. The molecule has 5 rings (SSSR count). The molecule has 0 bridgehead atoms. The maximum atomic E-state index is 9.80. The number of thiazole rings is 1. The van der Waals surface area contributed by atoms with Gasteiger partial charge in [0.15, 0.2) is 10.3 Å². The number of thioether (sulfide) groups is 1. The van der Waals surface area contributed by atoms with E-state index in [0.29, 0.717) is 26.2 Å². The maximum absolute atomic E-state index is 9.80. The van der Waals surface area contributed by atoms with Gasteiger partial charge in [0, 0.05) is 50.6 Å².